The van der Waals surface area contributed by atoms with Crippen LogP contribution < -0.4 is 10.6 Å². The lowest BCUT2D eigenvalue weighted by molar-refractivity contribution is -0.117. The molecule has 56 heavy (non-hydrogen) atoms. The van der Waals surface area contributed by atoms with Crippen LogP contribution in [0.3, 0.4) is 0 Å². The fourth-order valence-electron chi connectivity index (χ4n) is 8.66. The van der Waals surface area contributed by atoms with E-state index in [0.717, 1.165) is 89.3 Å². The molecule has 312 valence electrons. The van der Waals surface area contributed by atoms with Crippen LogP contribution in [0.4, 0.5) is 0 Å². The monoisotopic (exact) mass is 834 g/mol. The number of carbonyl (C=O) groups excluding carboxylic acids is 2. The lowest BCUT2D eigenvalue weighted by atomic mass is 9.76. The lowest BCUT2D eigenvalue weighted by Gasteiger charge is -2.37. The number of hydrogen-bond acceptors (Lipinski definition) is 8. The van der Waals surface area contributed by atoms with E-state index in [-0.39, 0.29) is 30.8 Å². The minimum Gasteiger partial charge on any atom is -0.509 e. The van der Waals surface area contributed by atoms with Crippen molar-refractivity contribution in [1.82, 2.24) is 10.6 Å². The Morgan fingerprint density at radius 3 is 1.46 bits per heavy atom. The Kier molecular flexibility index (Phi) is 15.3. The third kappa shape index (κ3) is 9.73. The van der Waals surface area contributed by atoms with Crippen LogP contribution in [0.15, 0.2) is 23.7 Å². The van der Waals surface area contributed by atoms with Crippen LogP contribution in [0.1, 0.15) is 128 Å². The number of carbonyl (C=O) groups is 2. The van der Waals surface area contributed by atoms with Gasteiger partial charge in [0.05, 0.1) is 30.1 Å². The molecule has 0 aromatic heterocycles. The SMILES string of the molecule is C.COS(=O)Cl.Cc1cc(C)c(C2=C(O)C3(CCC(C)CC3)NC2=O)c(C)c1C.Cc1cc(C)c(C2=C(OS(C)(=O)=O)C3(CCC(C)CC3)NC2=O)c(C)c1C. The number of aliphatic hydroxyl groups excluding tert-OH is 1. The van der Waals surface area contributed by atoms with E-state index >= 15 is 0 Å². The maximum atomic E-state index is 13.1. The number of benzene rings is 2. The van der Waals surface area contributed by atoms with E-state index in [4.69, 9.17) is 14.9 Å². The van der Waals surface area contributed by atoms with Gasteiger partial charge in [-0.15, -0.1) is 0 Å². The van der Waals surface area contributed by atoms with Crippen molar-refractivity contribution in [2.45, 2.75) is 139 Å². The van der Waals surface area contributed by atoms with Gasteiger partial charge in [-0.25, -0.2) is 4.21 Å². The first-order valence-electron chi connectivity index (χ1n) is 19.0. The first kappa shape index (κ1) is 47.2. The lowest BCUT2D eigenvalue weighted by Crippen LogP contribution is -2.47. The number of hydrogen-bond donors (Lipinski definition) is 3. The number of amides is 2. The van der Waals surface area contributed by atoms with Crippen molar-refractivity contribution in [1.29, 1.82) is 0 Å². The average Bonchev–Trinajstić information content (AvgIpc) is 3.49. The number of nitrogens with one attached hydrogen (secondary N) is 2. The van der Waals surface area contributed by atoms with E-state index in [1.807, 2.05) is 47.6 Å². The molecule has 1 atom stereocenters. The quantitative estimate of drug-likeness (QED) is 0.200. The molecule has 2 aromatic carbocycles. The molecule has 0 radical (unpaired) electrons. The summed E-state index contributed by atoms with van der Waals surface area (Å²) in [4.78, 5) is 25.8. The van der Waals surface area contributed by atoms with Crippen molar-refractivity contribution in [3.05, 3.63) is 79.3 Å². The normalized spacial score (nSPS) is 25.2. The third-order valence-electron chi connectivity index (χ3n) is 12.3. The largest absolute Gasteiger partial charge is 0.509 e. The van der Waals surface area contributed by atoms with Crippen LogP contribution in [0.25, 0.3) is 11.1 Å². The van der Waals surface area contributed by atoms with Crippen LogP contribution in [0, 0.1) is 67.2 Å². The van der Waals surface area contributed by atoms with Crippen LogP contribution >= 0.6 is 10.7 Å². The van der Waals surface area contributed by atoms with Gasteiger partial charge in [0.25, 0.3) is 22.1 Å². The van der Waals surface area contributed by atoms with Gasteiger partial charge in [0.2, 0.25) is 0 Å². The average molecular weight is 836 g/mol. The third-order valence-corrected chi connectivity index (χ3v) is 13.5. The molecule has 2 saturated carbocycles. The summed E-state index contributed by atoms with van der Waals surface area (Å²) in [6, 6.07) is 4.16. The van der Waals surface area contributed by atoms with Gasteiger partial charge in [-0.2, -0.15) is 8.42 Å². The van der Waals surface area contributed by atoms with Crippen LogP contribution in [-0.2, 0) is 38.4 Å². The minimum atomic E-state index is -3.75. The van der Waals surface area contributed by atoms with E-state index in [2.05, 4.69) is 48.6 Å². The molecule has 1 unspecified atom stereocenters. The van der Waals surface area contributed by atoms with Crippen molar-refractivity contribution in [2.75, 3.05) is 13.4 Å². The highest BCUT2D eigenvalue weighted by Crippen LogP contribution is 2.47. The standard InChI is InChI=1S/C21H29NO4S.C20H27NO2.CH3ClO2S.CH4/c1-12-7-9-21(10-8-12)19(26-27(6,24)25)18(20(23)22-21)17-14(3)11-13(2)15(4)16(17)5;1-11-6-8-20(9-7-11)18(22)17(19(23)21-20)16-13(3)10-12(2)14(4)15(16)5;1-4-5(2)3;/h11-12H,7-10H2,1-6H3,(H,22,23);10-11,22H,6-9H2,1-5H3,(H,21,23);1H3;1H4. The van der Waals surface area contributed by atoms with E-state index in [9.17, 15) is 27.3 Å². The van der Waals surface area contributed by atoms with Gasteiger partial charge < -0.3 is 19.9 Å². The summed E-state index contributed by atoms with van der Waals surface area (Å²) in [5, 5.41) is 17.2. The Bertz CT molecular complexity index is 2060. The molecule has 2 aliphatic carbocycles. The van der Waals surface area contributed by atoms with Gasteiger partial charge in [-0.1, -0.05) is 33.4 Å². The first-order chi connectivity index (χ1) is 25.5. The number of aliphatic hydroxyl groups is 1. The molecule has 3 N–H and O–H groups in total. The van der Waals surface area contributed by atoms with Gasteiger partial charge in [-0.3, -0.25) is 13.8 Å². The van der Waals surface area contributed by atoms with E-state index in [0.29, 0.717) is 35.8 Å². The minimum absolute atomic E-state index is 0. The summed E-state index contributed by atoms with van der Waals surface area (Å²) in [6.07, 6.45) is 8.03. The smallest absolute Gasteiger partial charge is 0.306 e. The second-order valence-electron chi connectivity index (χ2n) is 16.3. The zero-order valence-corrected chi connectivity index (χ0v) is 36.9. The Labute approximate surface area is 342 Å². The molecular weight excluding hydrogens is 772 g/mol. The first-order valence-corrected chi connectivity index (χ1v) is 22.7. The number of halogens is 1. The molecule has 10 nitrogen and oxygen atoms in total. The van der Waals surface area contributed by atoms with E-state index in [1.54, 1.807) is 0 Å². The van der Waals surface area contributed by atoms with Gasteiger partial charge in [-0.05, 0) is 174 Å². The van der Waals surface area contributed by atoms with Gasteiger partial charge in [0.1, 0.15) is 11.3 Å². The molecule has 2 heterocycles. The summed E-state index contributed by atoms with van der Waals surface area (Å²) in [6.45, 7) is 20.7. The summed E-state index contributed by atoms with van der Waals surface area (Å²) >= 11 is 0. The highest BCUT2D eigenvalue weighted by molar-refractivity contribution is 8.04. The van der Waals surface area contributed by atoms with Crippen LogP contribution in [0.5, 0.6) is 0 Å². The fourth-order valence-corrected chi connectivity index (χ4v) is 9.20. The molecule has 0 saturated heterocycles. The number of aryl methyl sites for hydroxylation is 4. The predicted octanol–water partition coefficient (Wildman–Crippen LogP) is 9.04. The topological polar surface area (TPSA) is 148 Å². The van der Waals surface area contributed by atoms with Gasteiger partial charge in [0.15, 0.2) is 5.76 Å². The van der Waals surface area contributed by atoms with Crippen molar-refractivity contribution < 1.29 is 35.7 Å². The second kappa shape index (κ2) is 18.2. The van der Waals surface area contributed by atoms with Crippen molar-refractivity contribution in [3.8, 4) is 0 Å². The molecule has 2 aliphatic heterocycles. The Morgan fingerprint density at radius 2 is 1.07 bits per heavy atom. The van der Waals surface area contributed by atoms with E-state index < -0.39 is 31.5 Å². The highest BCUT2D eigenvalue weighted by atomic mass is 35.7. The predicted molar refractivity (Wildman–Crippen MR) is 228 cm³/mol. The second-order valence-corrected chi connectivity index (χ2v) is 19.3. The van der Waals surface area contributed by atoms with Crippen LogP contribution in [0.2, 0.25) is 0 Å². The maximum Gasteiger partial charge on any atom is 0.306 e. The Hall–Kier alpha value is -3.19. The fraction of sp³-hybridized carbons (Fsp3) is 0.581. The van der Waals surface area contributed by atoms with Gasteiger partial charge in [0, 0.05) is 10.7 Å². The van der Waals surface area contributed by atoms with Crippen molar-refractivity contribution in [2.24, 2.45) is 11.8 Å². The molecule has 2 spiro atoms. The zero-order valence-electron chi connectivity index (χ0n) is 34.5. The Morgan fingerprint density at radius 1 is 0.714 bits per heavy atom. The molecule has 6 rings (SSSR count). The van der Waals surface area contributed by atoms with Crippen molar-refractivity contribution in [3.63, 3.8) is 0 Å². The summed E-state index contributed by atoms with van der Waals surface area (Å²) in [5.41, 5.74) is 10.1. The molecule has 13 heteroatoms. The highest BCUT2D eigenvalue weighted by Gasteiger charge is 2.51. The summed E-state index contributed by atoms with van der Waals surface area (Å²) < 4.78 is 43.1. The summed E-state index contributed by atoms with van der Waals surface area (Å²) in [7, 11) is 0.624. The molecule has 2 amide bonds. The maximum absolute atomic E-state index is 13.1. The van der Waals surface area contributed by atoms with E-state index in [1.165, 1.54) is 18.2 Å². The molecular formula is C43H63ClN2O8S2. The number of rotatable bonds is 5. The molecule has 2 aromatic rings. The van der Waals surface area contributed by atoms with Crippen molar-refractivity contribution >= 4 is 54.1 Å². The Balaban J connectivity index is 0.000000266. The zero-order chi connectivity index (χ0) is 41.4. The summed E-state index contributed by atoms with van der Waals surface area (Å²) in [5.74, 6) is 1.42. The molecule has 0 bridgehead atoms. The molecule has 4 aliphatic rings. The van der Waals surface area contributed by atoms with Crippen LogP contribution in [-0.4, -0.2) is 54.0 Å². The van der Waals surface area contributed by atoms with Gasteiger partial charge >= 0.3 is 10.1 Å². The molecule has 2 fully saturated rings.